The maximum atomic E-state index is 5.82. The van der Waals surface area contributed by atoms with Gasteiger partial charge in [0.1, 0.15) is 0 Å². The van der Waals surface area contributed by atoms with E-state index in [1.165, 1.54) is 22.3 Å². The lowest BCUT2D eigenvalue weighted by Crippen LogP contribution is -2.10. The molecule has 5 N–H and O–H groups in total. The minimum absolute atomic E-state index is 0. The van der Waals surface area contributed by atoms with Crippen molar-refractivity contribution < 1.29 is 0 Å². The van der Waals surface area contributed by atoms with Crippen molar-refractivity contribution in [1.82, 2.24) is 6.15 Å². The van der Waals surface area contributed by atoms with E-state index < -0.39 is 0 Å². The molecule has 0 heterocycles. The molecule has 128 valence electrons. The zero-order chi connectivity index (χ0) is 17.1. The molecule has 23 heavy (non-hydrogen) atoms. The molecule has 0 aliphatic heterocycles. The maximum Gasteiger partial charge on any atom is 0.0166 e. The lowest BCUT2D eigenvalue weighted by molar-refractivity contribution is 0.755. The van der Waals surface area contributed by atoms with Crippen molar-refractivity contribution in [3.05, 3.63) is 78.0 Å². The molecule has 1 rings (SSSR count). The molecular formula is C21H34N2. The Morgan fingerprint density at radius 2 is 1.78 bits per heavy atom. The number of hydrogen-bond acceptors (Lipinski definition) is 2. The molecule has 0 aromatic heterocycles. The van der Waals surface area contributed by atoms with Crippen molar-refractivity contribution in [1.29, 1.82) is 0 Å². The number of hydrogen-bond donors (Lipinski definition) is 2. The standard InChI is InChI=1S/C16H23N.C5H8.H3N/c1-6-16(12(3)14(5)17)13(4)15-9-7-11(2)8-10-15;1-3-5-4-2;/h7-10,12H,5-6,17H2,1-4H3;3-5H,1H2,2H3;1H3/b16-13+;5-4-;. The highest BCUT2D eigenvalue weighted by molar-refractivity contribution is 5.68. The number of benzene rings is 1. The highest BCUT2D eigenvalue weighted by atomic mass is 14.6. The number of allylic oxidation sites excluding steroid dienone is 5. The predicted octanol–water partition coefficient (Wildman–Crippen LogP) is 6.20. The van der Waals surface area contributed by atoms with Crippen molar-refractivity contribution in [2.45, 2.75) is 41.0 Å². The molecule has 2 heteroatoms. The van der Waals surface area contributed by atoms with Gasteiger partial charge in [0.05, 0.1) is 0 Å². The van der Waals surface area contributed by atoms with Crippen molar-refractivity contribution in [3.8, 4) is 0 Å². The molecule has 0 bridgehead atoms. The van der Waals surface area contributed by atoms with Crippen molar-refractivity contribution in [3.63, 3.8) is 0 Å². The average molecular weight is 315 g/mol. The molecule has 0 saturated carbocycles. The van der Waals surface area contributed by atoms with Crippen LogP contribution in [0, 0.1) is 12.8 Å². The van der Waals surface area contributed by atoms with E-state index in [-0.39, 0.29) is 12.1 Å². The summed E-state index contributed by atoms with van der Waals surface area (Å²) in [5.74, 6) is 0.251. The molecular weight excluding hydrogens is 280 g/mol. The Labute approximate surface area is 143 Å². The average Bonchev–Trinajstić information content (AvgIpc) is 2.49. The van der Waals surface area contributed by atoms with Gasteiger partial charge in [0.2, 0.25) is 0 Å². The van der Waals surface area contributed by atoms with Crippen LogP contribution in [0.25, 0.3) is 5.57 Å². The van der Waals surface area contributed by atoms with Crippen LogP contribution in [0.15, 0.2) is 66.9 Å². The summed E-state index contributed by atoms with van der Waals surface area (Å²) in [7, 11) is 0. The van der Waals surface area contributed by atoms with E-state index in [9.17, 15) is 0 Å². The summed E-state index contributed by atoms with van der Waals surface area (Å²) in [6.45, 7) is 17.9. The molecule has 0 aliphatic rings. The Hall–Kier alpha value is -2.06. The van der Waals surface area contributed by atoms with Crippen LogP contribution in [-0.4, -0.2) is 0 Å². The molecule has 0 amide bonds. The Kier molecular flexibility index (Phi) is 12.6. The third-order valence-corrected chi connectivity index (χ3v) is 3.75. The third-order valence-electron chi connectivity index (χ3n) is 3.75. The van der Waals surface area contributed by atoms with Crippen LogP contribution < -0.4 is 11.9 Å². The van der Waals surface area contributed by atoms with Crippen molar-refractivity contribution in [2.24, 2.45) is 11.7 Å². The second kappa shape index (κ2) is 12.5. The summed E-state index contributed by atoms with van der Waals surface area (Å²) < 4.78 is 0. The predicted molar refractivity (Wildman–Crippen MR) is 107 cm³/mol. The summed E-state index contributed by atoms with van der Waals surface area (Å²) >= 11 is 0. The van der Waals surface area contributed by atoms with Gasteiger partial charge in [-0.3, -0.25) is 0 Å². The molecule has 1 aromatic carbocycles. The van der Waals surface area contributed by atoms with Crippen LogP contribution in [0.1, 0.15) is 45.2 Å². The zero-order valence-electron chi connectivity index (χ0n) is 15.5. The highest BCUT2D eigenvalue weighted by Gasteiger charge is 2.12. The van der Waals surface area contributed by atoms with Gasteiger partial charge in [-0.05, 0) is 38.3 Å². The first-order valence-electron chi connectivity index (χ1n) is 7.83. The van der Waals surface area contributed by atoms with E-state index in [1.807, 2.05) is 19.1 Å². The van der Waals surface area contributed by atoms with E-state index in [0.29, 0.717) is 0 Å². The van der Waals surface area contributed by atoms with E-state index >= 15 is 0 Å². The molecule has 1 aromatic rings. The Morgan fingerprint density at radius 1 is 1.26 bits per heavy atom. The van der Waals surface area contributed by atoms with Gasteiger partial charge in [-0.15, -0.1) is 0 Å². The van der Waals surface area contributed by atoms with E-state index in [1.54, 1.807) is 6.08 Å². The Bertz CT molecular complexity index is 533. The van der Waals surface area contributed by atoms with E-state index in [0.717, 1.165) is 12.1 Å². The molecule has 1 unspecified atom stereocenters. The number of aryl methyl sites for hydroxylation is 1. The van der Waals surface area contributed by atoms with Crippen LogP contribution in [0.3, 0.4) is 0 Å². The number of nitrogens with two attached hydrogens (primary N) is 1. The fourth-order valence-electron chi connectivity index (χ4n) is 2.24. The molecule has 1 atom stereocenters. The van der Waals surface area contributed by atoms with Gasteiger partial charge in [0.15, 0.2) is 0 Å². The topological polar surface area (TPSA) is 61.0 Å². The van der Waals surface area contributed by atoms with Crippen LogP contribution in [0.4, 0.5) is 0 Å². The molecule has 0 spiro atoms. The summed E-state index contributed by atoms with van der Waals surface area (Å²) in [5, 5.41) is 0. The fourth-order valence-corrected chi connectivity index (χ4v) is 2.24. The van der Waals surface area contributed by atoms with Gasteiger partial charge in [-0.1, -0.05) is 80.6 Å². The summed E-state index contributed by atoms with van der Waals surface area (Å²) in [4.78, 5) is 0. The quantitative estimate of drug-likeness (QED) is 0.636. The molecule has 2 nitrogen and oxygen atoms in total. The first-order chi connectivity index (χ1) is 10.4. The van der Waals surface area contributed by atoms with Crippen LogP contribution in [-0.2, 0) is 0 Å². The third kappa shape index (κ3) is 8.22. The van der Waals surface area contributed by atoms with Gasteiger partial charge in [-0.25, -0.2) is 0 Å². The maximum absolute atomic E-state index is 5.82. The SMILES string of the molecule is C=C(N)C(C)/C(CC)=C(\C)c1ccc(C)cc1.C=C/C=C\C.N. The first kappa shape index (κ1) is 23.2. The zero-order valence-corrected chi connectivity index (χ0v) is 15.5. The second-order valence-electron chi connectivity index (χ2n) is 5.43. The van der Waals surface area contributed by atoms with E-state index in [4.69, 9.17) is 5.73 Å². The van der Waals surface area contributed by atoms with Crippen molar-refractivity contribution >= 4 is 5.57 Å². The largest absolute Gasteiger partial charge is 0.402 e. The summed E-state index contributed by atoms with van der Waals surface area (Å²) in [6, 6.07) is 8.64. The van der Waals surface area contributed by atoms with Crippen molar-refractivity contribution in [2.75, 3.05) is 0 Å². The van der Waals surface area contributed by atoms with Gasteiger partial charge in [0, 0.05) is 11.6 Å². The Balaban J connectivity index is 0. The molecule has 0 radical (unpaired) electrons. The number of rotatable bonds is 5. The van der Waals surface area contributed by atoms with Gasteiger partial charge < -0.3 is 11.9 Å². The first-order valence-corrected chi connectivity index (χ1v) is 7.83. The minimum Gasteiger partial charge on any atom is -0.402 e. The van der Waals surface area contributed by atoms with Crippen LogP contribution >= 0.6 is 0 Å². The van der Waals surface area contributed by atoms with E-state index in [2.05, 4.69) is 65.1 Å². The molecule has 0 saturated heterocycles. The Morgan fingerprint density at radius 3 is 2.09 bits per heavy atom. The molecule has 0 fully saturated rings. The lowest BCUT2D eigenvalue weighted by Gasteiger charge is -2.18. The molecule has 0 aliphatic carbocycles. The van der Waals surface area contributed by atoms with Crippen LogP contribution in [0.5, 0.6) is 0 Å². The minimum atomic E-state index is 0. The summed E-state index contributed by atoms with van der Waals surface area (Å²) in [5.41, 5.74) is 11.8. The smallest absolute Gasteiger partial charge is 0.0166 e. The van der Waals surface area contributed by atoms with Crippen LogP contribution in [0.2, 0.25) is 0 Å². The lowest BCUT2D eigenvalue weighted by atomic mass is 9.89. The van der Waals surface area contributed by atoms with Gasteiger partial charge in [0.25, 0.3) is 0 Å². The normalized spacial score (nSPS) is 12.4. The second-order valence-corrected chi connectivity index (χ2v) is 5.43. The summed E-state index contributed by atoms with van der Waals surface area (Å²) in [6.07, 6.45) is 6.59. The fraction of sp³-hybridized carbons (Fsp3) is 0.333. The monoisotopic (exact) mass is 314 g/mol. The highest BCUT2D eigenvalue weighted by Crippen LogP contribution is 2.28. The van der Waals surface area contributed by atoms with Gasteiger partial charge in [-0.2, -0.15) is 0 Å². The van der Waals surface area contributed by atoms with Gasteiger partial charge >= 0.3 is 0 Å².